The van der Waals surface area contributed by atoms with Crippen molar-refractivity contribution in [3.05, 3.63) is 70.5 Å². The fourth-order valence-electron chi connectivity index (χ4n) is 3.08. The number of hydrogen-bond donors (Lipinski definition) is 2. The van der Waals surface area contributed by atoms with Crippen LogP contribution in [0.1, 0.15) is 26.3 Å². The number of para-hydroxylation sites is 1. The number of H-pyrrole nitrogens is 1. The Bertz CT molecular complexity index is 1180. The summed E-state index contributed by atoms with van der Waals surface area (Å²) in [6, 6.07) is 17.7. The molecule has 148 valence electrons. The molecule has 0 saturated heterocycles. The monoisotopic (exact) mass is 405 g/mol. The predicted molar refractivity (Wildman–Crippen MR) is 120 cm³/mol. The van der Waals surface area contributed by atoms with Gasteiger partial charge in [0.05, 0.1) is 27.2 Å². The van der Waals surface area contributed by atoms with Crippen molar-refractivity contribution in [3.8, 4) is 16.4 Å². The summed E-state index contributed by atoms with van der Waals surface area (Å²) < 4.78 is 2.56. The van der Waals surface area contributed by atoms with E-state index in [1.165, 1.54) is 16.0 Å². The lowest BCUT2D eigenvalue weighted by Gasteiger charge is -2.06. The lowest BCUT2D eigenvalue weighted by molar-refractivity contribution is 0.570. The highest BCUT2D eigenvalue weighted by Gasteiger charge is 2.21. The first-order valence-electron chi connectivity index (χ1n) is 9.58. The highest BCUT2D eigenvalue weighted by Crippen LogP contribution is 2.26. The van der Waals surface area contributed by atoms with Crippen LogP contribution in [0.25, 0.3) is 26.6 Å². The molecule has 2 N–H and O–H groups in total. The van der Waals surface area contributed by atoms with Crippen LogP contribution in [0, 0.1) is 5.92 Å². The van der Waals surface area contributed by atoms with E-state index in [0.717, 1.165) is 28.0 Å². The molecule has 2 heterocycles. The number of thiazole rings is 1. The number of rotatable bonds is 6. The maximum atomic E-state index is 13.4. The molecular formula is C22H23N5OS. The van der Waals surface area contributed by atoms with Gasteiger partial charge in [0, 0.05) is 12.1 Å². The van der Waals surface area contributed by atoms with Crippen LogP contribution in [0.5, 0.6) is 0 Å². The van der Waals surface area contributed by atoms with E-state index in [2.05, 4.69) is 34.5 Å². The topological polar surface area (TPSA) is 75.1 Å². The Balaban J connectivity index is 1.86. The maximum absolute atomic E-state index is 13.4. The lowest BCUT2D eigenvalue weighted by Crippen LogP contribution is -2.22. The second-order valence-corrected chi connectivity index (χ2v) is 8.29. The van der Waals surface area contributed by atoms with Gasteiger partial charge < -0.3 is 5.43 Å². The van der Waals surface area contributed by atoms with Crippen molar-refractivity contribution < 1.29 is 0 Å². The van der Waals surface area contributed by atoms with Crippen molar-refractivity contribution in [1.82, 2.24) is 20.2 Å². The molecule has 2 aromatic heterocycles. The van der Waals surface area contributed by atoms with E-state index in [0.29, 0.717) is 22.3 Å². The largest absolute Gasteiger partial charge is 0.310 e. The van der Waals surface area contributed by atoms with Crippen LogP contribution >= 0.6 is 11.3 Å². The summed E-state index contributed by atoms with van der Waals surface area (Å²) in [4.78, 5) is 18.0. The molecule has 0 aliphatic heterocycles. The van der Waals surface area contributed by atoms with Gasteiger partial charge in [0.2, 0.25) is 5.13 Å². The van der Waals surface area contributed by atoms with E-state index in [1.54, 1.807) is 0 Å². The zero-order valence-corrected chi connectivity index (χ0v) is 17.5. The van der Waals surface area contributed by atoms with Crippen LogP contribution in [0.2, 0.25) is 0 Å². The molecule has 6 nitrogen and oxygen atoms in total. The molecule has 4 rings (SSSR count). The summed E-state index contributed by atoms with van der Waals surface area (Å²) in [5.41, 5.74) is 6.65. The minimum Gasteiger partial charge on any atom is -0.310 e. The fourth-order valence-corrected chi connectivity index (χ4v) is 4.01. The third kappa shape index (κ3) is 3.86. The minimum absolute atomic E-state index is 0.157. The van der Waals surface area contributed by atoms with Gasteiger partial charge in [0.25, 0.3) is 5.56 Å². The third-order valence-electron chi connectivity index (χ3n) is 4.54. The summed E-state index contributed by atoms with van der Waals surface area (Å²) in [6.07, 6.45) is 0. The van der Waals surface area contributed by atoms with Crippen LogP contribution in [0.15, 0.2) is 64.5 Å². The van der Waals surface area contributed by atoms with Crippen molar-refractivity contribution in [2.45, 2.75) is 20.8 Å². The number of fused-ring (bicyclic) bond motifs is 1. The molecule has 0 fully saturated rings. The Hall–Kier alpha value is -3.19. The molecule has 0 spiro atoms. The first kappa shape index (κ1) is 19.1. The zero-order valence-electron chi connectivity index (χ0n) is 16.6. The number of aromatic nitrogens is 3. The average Bonchev–Trinajstić information content (AvgIpc) is 3.29. The van der Waals surface area contributed by atoms with Crippen LogP contribution in [-0.2, 0) is 0 Å². The van der Waals surface area contributed by atoms with E-state index in [9.17, 15) is 4.79 Å². The predicted octanol–water partition coefficient (Wildman–Crippen LogP) is 4.41. The normalized spacial score (nSPS) is 12.1. The van der Waals surface area contributed by atoms with Gasteiger partial charge in [0.1, 0.15) is 0 Å². The van der Waals surface area contributed by atoms with Crippen molar-refractivity contribution in [3.63, 3.8) is 0 Å². The van der Waals surface area contributed by atoms with E-state index < -0.39 is 0 Å². The van der Waals surface area contributed by atoms with Gasteiger partial charge in [-0.3, -0.25) is 9.89 Å². The van der Waals surface area contributed by atoms with Crippen molar-refractivity contribution in [2.75, 3.05) is 6.54 Å². The molecule has 29 heavy (non-hydrogen) atoms. The number of aromatic amines is 1. The van der Waals surface area contributed by atoms with Gasteiger partial charge in [-0.1, -0.05) is 67.6 Å². The first-order valence-corrected chi connectivity index (χ1v) is 10.4. The quantitative estimate of drug-likeness (QED) is 0.368. The summed E-state index contributed by atoms with van der Waals surface area (Å²) in [5.74, 6) is 0.464. The molecule has 0 unspecified atom stereocenters. The van der Waals surface area contributed by atoms with Crippen LogP contribution < -0.4 is 11.0 Å². The van der Waals surface area contributed by atoms with Gasteiger partial charge in [-0.15, -0.1) is 0 Å². The Morgan fingerprint density at radius 2 is 1.90 bits per heavy atom. The van der Waals surface area contributed by atoms with Crippen LogP contribution in [0.4, 0.5) is 0 Å². The summed E-state index contributed by atoms with van der Waals surface area (Å²) in [7, 11) is 0. The highest BCUT2D eigenvalue weighted by atomic mass is 32.1. The van der Waals surface area contributed by atoms with Crippen molar-refractivity contribution in [1.29, 1.82) is 0 Å². The second kappa shape index (κ2) is 8.05. The van der Waals surface area contributed by atoms with Gasteiger partial charge in [-0.2, -0.15) is 9.78 Å². The van der Waals surface area contributed by atoms with E-state index in [4.69, 9.17) is 0 Å². The smallest absolute Gasteiger partial charge is 0.283 e. The van der Waals surface area contributed by atoms with E-state index in [-0.39, 0.29) is 5.56 Å². The van der Waals surface area contributed by atoms with E-state index >= 15 is 0 Å². The summed E-state index contributed by atoms with van der Waals surface area (Å²) >= 11 is 1.48. The maximum Gasteiger partial charge on any atom is 0.283 e. The molecule has 0 bridgehead atoms. The Labute approximate surface area is 172 Å². The van der Waals surface area contributed by atoms with Gasteiger partial charge in [-0.25, -0.2) is 4.98 Å². The average molecular weight is 406 g/mol. The lowest BCUT2D eigenvalue weighted by atomic mass is 10.1. The number of nitrogens with one attached hydrogen (secondary N) is 2. The molecule has 0 radical (unpaired) electrons. The third-order valence-corrected chi connectivity index (χ3v) is 5.56. The van der Waals surface area contributed by atoms with Gasteiger partial charge in [0.15, 0.2) is 0 Å². The van der Waals surface area contributed by atoms with Gasteiger partial charge >= 0.3 is 0 Å². The second-order valence-electron chi connectivity index (χ2n) is 7.29. The number of hydrazone groups is 1. The highest BCUT2D eigenvalue weighted by molar-refractivity contribution is 7.20. The molecular weight excluding hydrogens is 382 g/mol. The number of nitrogens with zero attached hydrogens (tertiary/aromatic N) is 3. The molecule has 2 aromatic carbocycles. The van der Waals surface area contributed by atoms with Gasteiger partial charge in [-0.05, 0) is 25.0 Å². The molecule has 0 aliphatic rings. The first-order chi connectivity index (χ1) is 14.0. The fraction of sp³-hybridized carbons (Fsp3) is 0.227. The summed E-state index contributed by atoms with van der Waals surface area (Å²) in [5, 5.41) is 8.33. The van der Waals surface area contributed by atoms with E-state index in [1.807, 2.05) is 61.5 Å². The minimum atomic E-state index is -0.157. The zero-order chi connectivity index (χ0) is 20.4. The van der Waals surface area contributed by atoms with Crippen molar-refractivity contribution in [2.24, 2.45) is 11.0 Å². The Morgan fingerprint density at radius 1 is 1.17 bits per heavy atom. The molecule has 7 heteroatoms. The molecule has 0 saturated carbocycles. The van der Waals surface area contributed by atoms with Crippen LogP contribution in [-0.4, -0.2) is 27.0 Å². The molecule has 0 atom stereocenters. The summed E-state index contributed by atoms with van der Waals surface area (Å²) in [6.45, 7) is 6.83. The van der Waals surface area contributed by atoms with Crippen LogP contribution in [0.3, 0.4) is 0 Å². The Kier molecular flexibility index (Phi) is 5.31. The number of hydrogen-bond acceptors (Lipinski definition) is 5. The standard InChI is InChI=1S/C22H23N5OS/c1-14(2)13-23-25-15(3)19-20(16-9-5-4-6-10-16)26-27(21(19)28)22-24-17-11-7-8-12-18(17)29-22/h4-12,14,23,26H,13H2,1-3H3/b25-15+. The SMILES string of the molecule is C/C(=N\NCC(C)C)c1c(-c2ccccc2)[nH]n(-c2nc3ccccc3s2)c1=O. The Morgan fingerprint density at radius 3 is 2.62 bits per heavy atom. The molecule has 0 amide bonds. The molecule has 0 aliphatic carbocycles. The number of benzene rings is 2. The van der Waals surface area contributed by atoms with Crippen molar-refractivity contribution >= 4 is 27.3 Å². The molecule has 4 aromatic rings.